The van der Waals surface area contributed by atoms with E-state index in [1.807, 2.05) is 17.8 Å². The van der Waals surface area contributed by atoms with Crippen LogP contribution in [0.4, 0.5) is 17.6 Å². The predicted molar refractivity (Wildman–Crippen MR) is 111 cm³/mol. The van der Waals surface area contributed by atoms with Crippen LogP contribution >= 0.6 is 0 Å². The molecule has 0 spiro atoms. The number of nitrogens with one attached hydrogen (secondary N) is 1. The summed E-state index contributed by atoms with van der Waals surface area (Å²) in [5.74, 6) is 1.03. The van der Waals surface area contributed by atoms with Crippen LogP contribution in [0.5, 0.6) is 0 Å². The third kappa shape index (κ3) is 3.67. The zero-order valence-corrected chi connectivity index (χ0v) is 17.5. The van der Waals surface area contributed by atoms with Crippen molar-refractivity contribution in [2.45, 2.75) is 44.2 Å². The molecule has 9 heteroatoms. The quantitative estimate of drug-likeness (QED) is 0.719. The molecule has 30 heavy (non-hydrogen) atoms. The fourth-order valence-corrected chi connectivity index (χ4v) is 4.36. The van der Waals surface area contributed by atoms with Crippen molar-refractivity contribution in [1.29, 1.82) is 0 Å². The second-order valence-electron chi connectivity index (χ2n) is 8.18. The number of rotatable bonds is 5. The van der Waals surface area contributed by atoms with Crippen molar-refractivity contribution in [2.75, 3.05) is 24.3 Å². The summed E-state index contributed by atoms with van der Waals surface area (Å²) in [4.78, 5) is 36.9. The van der Waals surface area contributed by atoms with Crippen LogP contribution < -0.4 is 14.8 Å². The van der Waals surface area contributed by atoms with Crippen LogP contribution in [0.15, 0.2) is 24.5 Å². The molecule has 0 radical (unpaired) electrons. The van der Waals surface area contributed by atoms with Gasteiger partial charge in [0.2, 0.25) is 11.7 Å². The number of carbonyl (C=O) groups excluding carboxylic acids is 1. The largest absolute Gasteiger partial charge is 0.478 e. The number of hydrogen-bond donors (Lipinski definition) is 2. The molecule has 2 aliphatic rings. The van der Waals surface area contributed by atoms with Gasteiger partial charge < -0.3 is 14.9 Å². The molecule has 1 saturated carbocycles. The van der Waals surface area contributed by atoms with Crippen molar-refractivity contribution in [3.8, 4) is 0 Å². The lowest BCUT2D eigenvalue weighted by Gasteiger charge is -2.31. The number of aryl methyl sites for hydroxylation is 1. The number of carboxylic acid groups (broad SMARTS) is 1. The van der Waals surface area contributed by atoms with Crippen LogP contribution in [0.2, 0.25) is 0 Å². The third-order valence-corrected chi connectivity index (χ3v) is 5.87. The minimum Gasteiger partial charge on any atom is -0.478 e. The first-order valence-corrected chi connectivity index (χ1v) is 10.2. The molecular weight excluding hydrogens is 384 g/mol. The number of fused-ring (bicyclic) bond motifs is 1. The molecule has 9 nitrogen and oxygen atoms in total. The predicted octanol–water partition coefficient (Wildman–Crippen LogP) is 1.50. The molecule has 1 aliphatic heterocycles. The second-order valence-corrected chi connectivity index (χ2v) is 8.18. The van der Waals surface area contributed by atoms with E-state index in [0.29, 0.717) is 24.2 Å². The minimum atomic E-state index is -1.01. The van der Waals surface area contributed by atoms with Gasteiger partial charge in [0.05, 0.1) is 18.8 Å². The highest BCUT2D eigenvalue weighted by Gasteiger charge is 2.43. The number of aromatic nitrogens is 3. The van der Waals surface area contributed by atoms with E-state index in [1.165, 1.54) is 25.1 Å². The summed E-state index contributed by atoms with van der Waals surface area (Å²) in [6.45, 7) is 0. The van der Waals surface area contributed by atoms with Crippen molar-refractivity contribution in [1.82, 2.24) is 14.9 Å². The average molecular weight is 411 g/mol. The van der Waals surface area contributed by atoms with Crippen LogP contribution in [0.25, 0.3) is 0 Å². The molecule has 1 amide bonds. The van der Waals surface area contributed by atoms with Gasteiger partial charge in [-0.3, -0.25) is 4.79 Å². The van der Waals surface area contributed by atoms with Gasteiger partial charge in [-0.2, -0.15) is 0 Å². The van der Waals surface area contributed by atoms with Crippen molar-refractivity contribution < 1.29 is 19.3 Å². The number of anilines is 3. The van der Waals surface area contributed by atoms with E-state index in [9.17, 15) is 9.59 Å². The Morgan fingerprint density at radius 1 is 1.27 bits per heavy atom. The van der Waals surface area contributed by atoms with Gasteiger partial charge in [-0.05, 0) is 25.0 Å². The van der Waals surface area contributed by atoms with Crippen LogP contribution in [-0.2, 0) is 18.3 Å². The summed E-state index contributed by atoms with van der Waals surface area (Å²) in [6, 6.07) is 3.21. The van der Waals surface area contributed by atoms with Gasteiger partial charge in [0.1, 0.15) is 6.04 Å². The number of carboxylic acids is 1. The number of aromatic carboxylic acids is 1. The Labute approximate surface area is 175 Å². The van der Waals surface area contributed by atoms with Gasteiger partial charge >= 0.3 is 11.9 Å². The highest BCUT2D eigenvalue weighted by Crippen LogP contribution is 2.37. The lowest BCUT2D eigenvalue weighted by molar-refractivity contribution is -0.659. The second kappa shape index (κ2) is 7.89. The number of nitrogens with zero attached hydrogens (tertiary/aromatic N) is 5. The molecule has 158 valence electrons. The highest BCUT2D eigenvalue weighted by molar-refractivity contribution is 5.88. The normalized spacial score (nSPS) is 18.4. The highest BCUT2D eigenvalue weighted by atomic mass is 16.4. The fraction of sp³-hybridized carbons (Fsp3) is 0.476. The van der Waals surface area contributed by atoms with Crippen LogP contribution in [0, 0.1) is 0 Å². The van der Waals surface area contributed by atoms with Gasteiger partial charge in [-0.25, -0.2) is 19.7 Å². The number of pyridine rings is 1. The Bertz CT molecular complexity index is 969. The van der Waals surface area contributed by atoms with Crippen molar-refractivity contribution >= 4 is 29.5 Å². The molecule has 2 aromatic rings. The first kappa shape index (κ1) is 20.1. The fourth-order valence-electron chi connectivity index (χ4n) is 4.36. The third-order valence-electron chi connectivity index (χ3n) is 5.87. The first-order valence-electron chi connectivity index (χ1n) is 10.2. The molecular formula is C21H27N6O3+. The monoisotopic (exact) mass is 411 g/mol. The SMILES string of the molecule is CN(C)C(=O)C1Cc2c[n+](C)c(Nc3ccc(C(=O)O)cn3)nc2N1C1CCCC1. The maximum Gasteiger partial charge on any atom is 0.399 e. The number of amides is 1. The zero-order chi connectivity index (χ0) is 21.4. The summed E-state index contributed by atoms with van der Waals surface area (Å²) in [6.07, 6.45) is 8.46. The van der Waals surface area contributed by atoms with Gasteiger partial charge in [0, 0.05) is 38.3 Å². The van der Waals surface area contributed by atoms with Gasteiger partial charge in [0.15, 0.2) is 5.82 Å². The summed E-state index contributed by atoms with van der Waals surface area (Å²) in [5.41, 5.74) is 1.19. The number of likely N-dealkylation sites (N-methyl/N-ethyl adjacent to an activating group) is 1. The molecule has 1 atom stereocenters. The topological polar surface area (TPSA) is 103 Å². The first-order chi connectivity index (χ1) is 14.3. The summed E-state index contributed by atoms with van der Waals surface area (Å²) < 4.78 is 1.88. The zero-order valence-electron chi connectivity index (χ0n) is 17.5. The number of carbonyl (C=O) groups is 2. The van der Waals surface area contributed by atoms with E-state index in [0.717, 1.165) is 24.2 Å². The van der Waals surface area contributed by atoms with Crippen molar-refractivity contribution in [3.63, 3.8) is 0 Å². The molecule has 1 fully saturated rings. The average Bonchev–Trinajstić information content (AvgIpc) is 3.35. The Kier molecular flexibility index (Phi) is 5.27. The van der Waals surface area contributed by atoms with E-state index < -0.39 is 5.97 Å². The summed E-state index contributed by atoms with van der Waals surface area (Å²) >= 11 is 0. The Balaban J connectivity index is 1.67. The van der Waals surface area contributed by atoms with Crippen molar-refractivity contribution in [3.05, 3.63) is 35.7 Å². The van der Waals surface area contributed by atoms with E-state index in [-0.39, 0.29) is 17.5 Å². The summed E-state index contributed by atoms with van der Waals surface area (Å²) in [7, 11) is 5.48. The van der Waals surface area contributed by atoms with Crippen LogP contribution in [0.3, 0.4) is 0 Å². The Hall–Kier alpha value is -3.23. The van der Waals surface area contributed by atoms with E-state index >= 15 is 0 Å². The minimum absolute atomic E-state index is 0.1000. The molecule has 4 rings (SSSR count). The van der Waals surface area contributed by atoms with Gasteiger partial charge in [-0.15, -0.1) is 0 Å². The Morgan fingerprint density at radius 2 is 2.00 bits per heavy atom. The molecule has 0 bridgehead atoms. The lowest BCUT2D eigenvalue weighted by atomic mass is 10.1. The summed E-state index contributed by atoms with van der Waals surface area (Å²) in [5, 5.41) is 12.2. The van der Waals surface area contributed by atoms with Gasteiger partial charge in [0.25, 0.3) is 0 Å². The maximum absolute atomic E-state index is 12.9. The van der Waals surface area contributed by atoms with Crippen LogP contribution in [-0.4, -0.2) is 58.0 Å². The Morgan fingerprint density at radius 3 is 2.60 bits per heavy atom. The van der Waals surface area contributed by atoms with E-state index in [2.05, 4.69) is 15.2 Å². The smallest absolute Gasteiger partial charge is 0.399 e. The number of hydrogen-bond acceptors (Lipinski definition) is 6. The van der Waals surface area contributed by atoms with Gasteiger partial charge in [-0.1, -0.05) is 17.8 Å². The molecule has 0 aromatic carbocycles. The van der Waals surface area contributed by atoms with Crippen LogP contribution in [0.1, 0.15) is 41.6 Å². The lowest BCUT2D eigenvalue weighted by Crippen LogP contribution is -2.49. The molecule has 1 aliphatic carbocycles. The van der Waals surface area contributed by atoms with Crippen molar-refractivity contribution in [2.24, 2.45) is 7.05 Å². The molecule has 3 heterocycles. The molecule has 1 unspecified atom stereocenters. The molecule has 0 saturated heterocycles. The standard InChI is InChI=1S/C21H26N6O3/c1-25(2)19(28)16-10-14-12-26(3)21(23-17-9-8-13(11-22-17)20(29)30)24-18(14)27(16)15-6-4-5-7-15/h8-9,11-12,15-16H,4-7,10H2,1-3H3,(H,29,30)/p+1. The molecule has 2 aromatic heterocycles. The van der Waals surface area contributed by atoms with E-state index in [1.54, 1.807) is 25.1 Å². The molecule has 2 N–H and O–H groups in total. The maximum atomic E-state index is 12.9. The van der Waals surface area contributed by atoms with E-state index in [4.69, 9.17) is 10.1 Å².